The van der Waals surface area contributed by atoms with Crippen LogP contribution in [0.25, 0.3) is 0 Å². The Bertz CT molecular complexity index is 813. The number of ketones is 2. The van der Waals surface area contributed by atoms with Gasteiger partial charge in [-0.1, -0.05) is 31.0 Å². The molecule has 2 rings (SSSR count). The highest BCUT2D eigenvalue weighted by atomic mass is 16.5. The average Bonchev–Trinajstić information content (AvgIpc) is 2.70. The zero-order chi connectivity index (χ0) is 21.1. The van der Waals surface area contributed by atoms with E-state index in [-0.39, 0.29) is 23.7 Å². The van der Waals surface area contributed by atoms with Gasteiger partial charge in [0.05, 0.1) is 13.5 Å². The number of Topliss-reactive ketones (excluding diaryl/α,β-unsaturated/α-hetero) is 2. The number of aromatic hydroxyl groups is 2. The molecule has 0 unspecified atom stereocenters. The monoisotopic (exact) mass is 398 g/mol. The third kappa shape index (κ3) is 8.38. The van der Waals surface area contributed by atoms with Crippen molar-refractivity contribution < 1.29 is 24.5 Å². The second kappa shape index (κ2) is 11.9. The Labute approximate surface area is 172 Å². The fourth-order valence-electron chi connectivity index (χ4n) is 3.27. The summed E-state index contributed by atoms with van der Waals surface area (Å²) in [6.07, 6.45) is 6.02. The van der Waals surface area contributed by atoms with E-state index in [4.69, 9.17) is 4.74 Å². The molecule has 5 heteroatoms. The minimum atomic E-state index is -0.0501. The minimum absolute atomic E-state index is 0.00148. The molecule has 0 aliphatic rings. The number of methoxy groups -OCH3 is 1. The van der Waals surface area contributed by atoms with Crippen LogP contribution in [0.1, 0.15) is 56.1 Å². The van der Waals surface area contributed by atoms with Crippen molar-refractivity contribution in [3.05, 3.63) is 53.6 Å². The highest BCUT2D eigenvalue weighted by Crippen LogP contribution is 2.26. The van der Waals surface area contributed by atoms with E-state index in [9.17, 15) is 19.8 Å². The van der Waals surface area contributed by atoms with E-state index in [1.54, 1.807) is 30.3 Å². The molecule has 2 N–H and O–H groups in total. The Hall–Kier alpha value is -2.82. The molecule has 5 nitrogen and oxygen atoms in total. The summed E-state index contributed by atoms with van der Waals surface area (Å²) in [5.41, 5.74) is 2.02. The summed E-state index contributed by atoms with van der Waals surface area (Å²) in [6.45, 7) is 0. The molecule has 0 aromatic heterocycles. The van der Waals surface area contributed by atoms with Gasteiger partial charge in [-0.15, -0.1) is 0 Å². The topological polar surface area (TPSA) is 83.8 Å². The molecule has 0 saturated heterocycles. The second-order valence-electron chi connectivity index (χ2n) is 7.34. The normalized spacial score (nSPS) is 10.7. The van der Waals surface area contributed by atoms with Crippen LogP contribution in [-0.4, -0.2) is 28.9 Å². The van der Waals surface area contributed by atoms with Gasteiger partial charge in [0, 0.05) is 12.8 Å². The highest BCUT2D eigenvalue weighted by Gasteiger charge is 2.11. The summed E-state index contributed by atoms with van der Waals surface area (Å²) < 4.78 is 5.06. The first-order chi connectivity index (χ1) is 14.0. The van der Waals surface area contributed by atoms with Gasteiger partial charge in [0.25, 0.3) is 0 Å². The van der Waals surface area contributed by atoms with E-state index in [0.717, 1.165) is 43.2 Å². The van der Waals surface area contributed by atoms with Crippen molar-refractivity contribution in [3.63, 3.8) is 0 Å². The standard InChI is InChI=1S/C24H30O5/c1-29-24-16-19(12-14-23(24)28)11-13-22(27)17-21(26)9-5-3-2-4-7-18-8-6-10-20(25)15-18/h6,8,10,12,14-16,25,28H,2-5,7,9,11,13,17H2,1H3. The first kappa shape index (κ1) is 22.5. The van der Waals surface area contributed by atoms with Gasteiger partial charge in [0.1, 0.15) is 17.3 Å². The number of ether oxygens (including phenoxy) is 1. The molecule has 156 valence electrons. The number of hydrogen-bond donors (Lipinski definition) is 2. The van der Waals surface area contributed by atoms with Crippen molar-refractivity contribution in [2.24, 2.45) is 0 Å². The number of carbonyl (C=O) groups is 2. The Morgan fingerprint density at radius 3 is 2.31 bits per heavy atom. The number of unbranched alkanes of at least 4 members (excludes halogenated alkanes) is 3. The van der Waals surface area contributed by atoms with E-state index >= 15 is 0 Å². The maximum Gasteiger partial charge on any atom is 0.160 e. The van der Waals surface area contributed by atoms with Gasteiger partial charge in [-0.05, 0) is 61.1 Å². The highest BCUT2D eigenvalue weighted by molar-refractivity contribution is 5.99. The van der Waals surface area contributed by atoms with E-state index in [1.807, 2.05) is 12.1 Å². The average molecular weight is 398 g/mol. The maximum atomic E-state index is 12.0. The van der Waals surface area contributed by atoms with Crippen LogP contribution in [0.4, 0.5) is 0 Å². The number of carbonyl (C=O) groups excluding carboxylic acids is 2. The van der Waals surface area contributed by atoms with Crippen LogP contribution in [-0.2, 0) is 22.4 Å². The molecule has 0 bridgehead atoms. The van der Waals surface area contributed by atoms with Gasteiger partial charge in [-0.3, -0.25) is 9.59 Å². The Kier molecular flexibility index (Phi) is 9.22. The summed E-state index contributed by atoms with van der Waals surface area (Å²) in [6, 6.07) is 12.3. The first-order valence-electron chi connectivity index (χ1n) is 10.1. The fourth-order valence-corrected chi connectivity index (χ4v) is 3.27. The van der Waals surface area contributed by atoms with Crippen LogP contribution in [0.3, 0.4) is 0 Å². The minimum Gasteiger partial charge on any atom is -0.508 e. The molecule has 0 aliphatic carbocycles. The number of phenols is 2. The fraction of sp³-hybridized carbons (Fsp3) is 0.417. The molecule has 0 fully saturated rings. The quantitative estimate of drug-likeness (QED) is 0.375. The maximum absolute atomic E-state index is 12.0. The molecular weight excluding hydrogens is 368 g/mol. The first-order valence-corrected chi connectivity index (χ1v) is 10.1. The molecule has 0 amide bonds. The zero-order valence-electron chi connectivity index (χ0n) is 17.0. The van der Waals surface area contributed by atoms with E-state index in [0.29, 0.717) is 30.8 Å². The zero-order valence-corrected chi connectivity index (χ0v) is 17.0. The van der Waals surface area contributed by atoms with Crippen LogP contribution < -0.4 is 4.74 Å². The largest absolute Gasteiger partial charge is 0.508 e. The second-order valence-corrected chi connectivity index (χ2v) is 7.34. The third-order valence-electron chi connectivity index (χ3n) is 4.91. The Morgan fingerprint density at radius 2 is 1.55 bits per heavy atom. The molecule has 0 atom stereocenters. The van der Waals surface area contributed by atoms with Crippen molar-refractivity contribution in [2.75, 3.05) is 7.11 Å². The Morgan fingerprint density at radius 1 is 0.828 bits per heavy atom. The molecule has 0 spiro atoms. The van der Waals surface area contributed by atoms with E-state index in [1.165, 1.54) is 7.11 Å². The number of aryl methyl sites for hydroxylation is 2. The Balaban J connectivity index is 1.57. The molecule has 2 aromatic carbocycles. The molecular formula is C24H30O5. The summed E-state index contributed by atoms with van der Waals surface area (Å²) in [5, 5.41) is 19.0. The van der Waals surface area contributed by atoms with Crippen molar-refractivity contribution in [1.29, 1.82) is 0 Å². The lowest BCUT2D eigenvalue weighted by Crippen LogP contribution is -2.08. The summed E-state index contributed by atoms with van der Waals surface area (Å²) in [7, 11) is 1.48. The van der Waals surface area contributed by atoms with Crippen LogP contribution in [0, 0.1) is 0 Å². The van der Waals surface area contributed by atoms with Gasteiger partial charge in [0.15, 0.2) is 11.5 Å². The number of rotatable bonds is 13. The van der Waals surface area contributed by atoms with Crippen molar-refractivity contribution in [3.8, 4) is 17.2 Å². The number of hydrogen-bond acceptors (Lipinski definition) is 5. The summed E-state index contributed by atoms with van der Waals surface area (Å²) >= 11 is 0. The summed E-state index contributed by atoms with van der Waals surface area (Å²) in [5.74, 6) is 0.703. The molecule has 0 radical (unpaired) electrons. The third-order valence-corrected chi connectivity index (χ3v) is 4.91. The lowest BCUT2D eigenvalue weighted by atomic mass is 10.0. The predicted octanol–water partition coefficient (Wildman–Crippen LogP) is 4.76. The van der Waals surface area contributed by atoms with Gasteiger partial charge in [-0.25, -0.2) is 0 Å². The van der Waals surface area contributed by atoms with Crippen molar-refractivity contribution in [2.45, 2.75) is 57.8 Å². The smallest absolute Gasteiger partial charge is 0.160 e. The van der Waals surface area contributed by atoms with E-state index in [2.05, 4.69) is 0 Å². The molecule has 29 heavy (non-hydrogen) atoms. The van der Waals surface area contributed by atoms with Crippen LogP contribution in [0.2, 0.25) is 0 Å². The number of benzene rings is 2. The molecule has 0 aliphatic heterocycles. The SMILES string of the molecule is COc1cc(CCC(=O)CC(=O)CCCCCCc2cccc(O)c2)ccc1O. The van der Waals surface area contributed by atoms with Crippen LogP contribution in [0.15, 0.2) is 42.5 Å². The van der Waals surface area contributed by atoms with Gasteiger partial charge in [0.2, 0.25) is 0 Å². The van der Waals surface area contributed by atoms with E-state index < -0.39 is 0 Å². The molecule has 2 aromatic rings. The van der Waals surface area contributed by atoms with Gasteiger partial charge in [-0.2, -0.15) is 0 Å². The molecule has 0 heterocycles. The summed E-state index contributed by atoms with van der Waals surface area (Å²) in [4.78, 5) is 24.0. The van der Waals surface area contributed by atoms with Gasteiger partial charge >= 0.3 is 0 Å². The van der Waals surface area contributed by atoms with Crippen LogP contribution in [0.5, 0.6) is 17.2 Å². The van der Waals surface area contributed by atoms with Crippen molar-refractivity contribution >= 4 is 11.6 Å². The van der Waals surface area contributed by atoms with Crippen LogP contribution >= 0.6 is 0 Å². The lowest BCUT2D eigenvalue weighted by Gasteiger charge is -2.06. The lowest BCUT2D eigenvalue weighted by molar-refractivity contribution is -0.127. The predicted molar refractivity (Wildman–Crippen MR) is 113 cm³/mol. The number of phenolic OH excluding ortho intramolecular Hbond substituents is 2. The van der Waals surface area contributed by atoms with Gasteiger partial charge < -0.3 is 14.9 Å². The van der Waals surface area contributed by atoms with Crippen molar-refractivity contribution in [1.82, 2.24) is 0 Å². The molecule has 0 saturated carbocycles.